The van der Waals surface area contributed by atoms with Crippen LogP contribution in [0.1, 0.15) is 22.1 Å². The highest BCUT2D eigenvalue weighted by atomic mass is 16.1. The van der Waals surface area contributed by atoms with Gasteiger partial charge >= 0.3 is 0 Å². The van der Waals surface area contributed by atoms with Crippen molar-refractivity contribution in [1.29, 1.82) is 0 Å². The van der Waals surface area contributed by atoms with Crippen molar-refractivity contribution in [1.82, 2.24) is 24.8 Å². The minimum absolute atomic E-state index is 0.176. The maximum absolute atomic E-state index is 12.3. The average molecular weight is 293 g/mol. The lowest BCUT2D eigenvalue weighted by Crippen LogP contribution is -2.31. The van der Waals surface area contributed by atoms with Crippen LogP contribution in [0.4, 0.5) is 0 Å². The summed E-state index contributed by atoms with van der Waals surface area (Å²) < 4.78 is 1.93. The predicted molar refractivity (Wildman–Crippen MR) is 80.9 cm³/mol. The number of carbonyl (C=O) groups is 1. The van der Waals surface area contributed by atoms with Gasteiger partial charge in [-0.25, -0.2) is 9.97 Å². The number of nitrogens with zero attached hydrogens (tertiary/aromatic N) is 4. The average Bonchev–Trinajstić information content (AvgIpc) is 3.09. The highest BCUT2D eigenvalue weighted by molar-refractivity contribution is 5.92. The third kappa shape index (κ3) is 3.35. The Kier molecular flexibility index (Phi) is 4.20. The molecular weight excluding hydrogens is 278 g/mol. The Morgan fingerprint density at radius 3 is 2.68 bits per heavy atom. The van der Waals surface area contributed by atoms with E-state index in [0.717, 1.165) is 5.56 Å². The minimum atomic E-state index is -0.248. The molecule has 1 unspecified atom stereocenters. The fraction of sp³-hybridized carbons (Fsp3) is 0.125. The summed E-state index contributed by atoms with van der Waals surface area (Å²) in [6.45, 7) is 0.593. The van der Waals surface area contributed by atoms with E-state index in [-0.39, 0.29) is 11.9 Å². The van der Waals surface area contributed by atoms with Gasteiger partial charge in [-0.3, -0.25) is 9.78 Å². The first kappa shape index (κ1) is 13.9. The zero-order valence-electron chi connectivity index (χ0n) is 11.8. The summed E-state index contributed by atoms with van der Waals surface area (Å²) in [6.07, 6.45) is 9.80. The summed E-state index contributed by atoms with van der Waals surface area (Å²) in [5.41, 5.74) is 1.32. The zero-order chi connectivity index (χ0) is 15.2. The molecule has 0 saturated heterocycles. The number of hydrogen-bond donors (Lipinski definition) is 1. The van der Waals surface area contributed by atoms with E-state index in [1.807, 2.05) is 41.1 Å². The lowest BCUT2D eigenvalue weighted by atomic mass is 10.1. The Labute approximate surface area is 127 Å². The highest BCUT2D eigenvalue weighted by Gasteiger charge is 2.17. The molecule has 0 aliphatic rings. The van der Waals surface area contributed by atoms with Gasteiger partial charge < -0.3 is 9.88 Å². The van der Waals surface area contributed by atoms with Crippen LogP contribution in [0, 0.1) is 0 Å². The Hall–Kier alpha value is -3.02. The molecular formula is C16H15N5O. The van der Waals surface area contributed by atoms with Gasteiger partial charge in [-0.05, 0) is 5.56 Å². The number of imidazole rings is 1. The third-order valence-corrected chi connectivity index (χ3v) is 3.26. The van der Waals surface area contributed by atoms with Gasteiger partial charge in [0.05, 0.1) is 18.6 Å². The summed E-state index contributed by atoms with van der Waals surface area (Å²) in [5.74, 6) is -0.248. The van der Waals surface area contributed by atoms with Gasteiger partial charge in [-0.2, -0.15) is 0 Å². The molecule has 3 aromatic rings. The van der Waals surface area contributed by atoms with Crippen LogP contribution in [0.5, 0.6) is 0 Å². The summed E-state index contributed by atoms with van der Waals surface area (Å²) in [4.78, 5) is 24.3. The predicted octanol–water partition coefficient (Wildman–Crippen LogP) is 1.84. The van der Waals surface area contributed by atoms with Gasteiger partial charge in [0.2, 0.25) is 0 Å². The third-order valence-electron chi connectivity index (χ3n) is 3.26. The van der Waals surface area contributed by atoms with Crippen molar-refractivity contribution < 1.29 is 4.79 Å². The molecule has 0 spiro atoms. The number of benzene rings is 1. The van der Waals surface area contributed by atoms with E-state index in [1.165, 1.54) is 18.6 Å². The van der Waals surface area contributed by atoms with Crippen LogP contribution in [0.15, 0.2) is 67.6 Å². The second-order valence-corrected chi connectivity index (χ2v) is 4.79. The van der Waals surface area contributed by atoms with E-state index in [1.54, 1.807) is 12.5 Å². The van der Waals surface area contributed by atoms with Crippen LogP contribution < -0.4 is 5.32 Å². The molecule has 0 radical (unpaired) electrons. The maximum Gasteiger partial charge on any atom is 0.272 e. The standard InChI is InChI=1S/C16H15N5O/c22-16(14-10-17-6-7-19-14)20-15(11-21-9-8-18-12-21)13-4-2-1-3-5-13/h1-10,12,15H,11H2,(H,20,22). The Morgan fingerprint density at radius 1 is 1.14 bits per heavy atom. The van der Waals surface area contributed by atoms with Crippen molar-refractivity contribution in [2.45, 2.75) is 12.6 Å². The van der Waals surface area contributed by atoms with Gasteiger partial charge in [0.25, 0.3) is 5.91 Å². The molecule has 0 fully saturated rings. The topological polar surface area (TPSA) is 72.7 Å². The molecule has 6 nitrogen and oxygen atoms in total. The molecule has 6 heteroatoms. The Balaban J connectivity index is 1.81. The monoisotopic (exact) mass is 293 g/mol. The van der Waals surface area contributed by atoms with E-state index in [2.05, 4.69) is 20.3 Å². The molecule has 1 aromatic carbocycles. The molecule has 22 heavy (non-hydrogen) atoms. The molecule has 0 aliphatic heterocycles. The fourth-order valence-electron chi connectivity index (χ4n) is 2.17. The van der Waals surface area contributed by atoms with Crippen LogP contribution >= 0.6 is 0 Å². The molecule has 3 rings (SSSR count). The van der Waals surface area contributed by atoms with Crippen molar-refractivity contribution in [2.24, 2.45) is 0 Å². The van der Waals surface area contributed by atoms with E-state index in [4.69, 9.17) is 0 Å². The lowest BCUT2D eigenvalue weighted by Gasteiger charge is -2.19. The minimum Gasteiger partial charge on any atom is -0.342 e. The molecule has 0 saturated carbocycles. The summed E-state index contributed by atoms with van der Waals surface area (Å²) in [6, 6.07) is 9.64. The van der Waals surface area contributed by atoms with Crippen LogP contribution in [-0.4, -0.2) is 25.4 Å². The second kappa shape index (κ2) is 6.62. The number of hydrogen-bond acceptors (Lipinski definition) is 4. The molecule has 0 aliphatic carbocycles. The molecule has 2 heterocycles. The van der Waals surface area contributed by atoms with E-state index in [0.29, 0.717) is 12.2 Å². The van der Waals surface area contributed by atoms with Crippen LogP contribution in [0.2, 0.25) is 0 Å². The first-order chi connectivity index (χ1) is 10.8. The van der Waals surface area contributed by atoms with Crippen molar-refractivity contribution in [2.75, 3.05) is 0 Å². The number of rotatable bonds is 5. The number of nitrogens with one attached hydrogen (secondary N) is 1. The molecule has 1 amide bonds. The van der Waals surface area contributed by atoms with Crippen LogP contribution in [0.25, 0.3) is 0 Å². The molecule has 1 N–H and O–H groups in total. The molecule has 2 aromatic heterocycles. The van der Waals surface area contributed by atoms with Gasteiger partial charge in [-0.15, -0.1) is 0 Å². The van der Waals surface area contributed by atoms with E-state index >= 15 is 0 Å². The van der Waals surface area contributed by atoms with Gasteiger partial charge in [0, 0.05) is 31.3 Å². The van der Waals surface area contributed by atoms with E-state index in [9.17, 15) is 4.79 Å². The molecule has 110 valence electrons. The van der Waals surface area contributed by atoms with E-state index < -0.39 is 0 Å². The number of amides is 1. The quantitative estimate of drug-likeness (QED) is 0.779. The van der Waals surface area contributed by atoms with Crippen molar-refractivity contribution in [3.63, 3.8) is 0 Å². The SMILES string of the molecule is O=C(NC(Cn1ccnc1)c1ccccc1)c1cnccn1. The first-order valence-corrected chi connectivity index (χ1v) is 6.90. The van der Waals surface area contributed by atoms with Gasteiger partial charge in [0.1, 0.15) is 5.69 Å². The first-order valence-electron chi connectivity index (χ1n) is 6.90. The second-order valence-electron chi connectivity index (χ2n) is 4.79. The Bertz CT molecular complexity index is 713. The number of carbonyl (C=O) groups excluding carboxylic acids is 1. The van der Waals surface area contributed by atoms with Gasteiger partial charge in [0.15, 0.2) is 0 Å². The summed E-state index contributed by atoms with van der Waals surface area (Å²) in [5, 5.41) is 3.00. The number of aromatic nitrogens is 4. The highest BCUT2D eigenvalue weighted by Crippen LogP contribution is 2.15. The fourth-order valence-corrected chi connectivity index (χ4v) is 2.17. The van der Waals surface area contributed by atoms with Crippen molar-refractivity contribution >= 4 is 5.91 Å². The Morgan fingerprint density at radius 2 is 2.00 bits per heavy atom. The van der Waals surface area contributed by atoms with Crippen LogP contribution in [-0.2, 0) is 6.54 Å². The van der Waals surface area contributed by atoms with Crippen LogP contribution in [0.3, 0.4) is 0 Å². The molecule has 0 bridgehead atoms. The van der Waals surface area contributed by atoms with Crippen molar-refractivity contribution in [3.05, 3.63) is 78.9 Å². The summed E-state index contributed by atoms with van der Waals surface area (Å²) >= 11 is 0. The van der Waals surface area contributed by atoms with Crippen molar-refractivity contribution in [3.8, 4) is 0 Å². The molecule has 1 atom stereocenters. The normalized spacial score (nSPS) is 11.8. The lowest BCUT2D eigenvalue weighted by molar-refractivity contribution is 0.0927. The maximum atomic E-state index is 12.3. The smallest absolute Gasteiger partial charge is 0.272 e. The zero-order valence-corrected chi connectivity index (χ0v) is 11.8. The largest absolute Gasteiger partial charge is 0.342 e. The summed E-state index contributed by atoms with van der Waals surface area (Å²) in [7, 11) is 0. The van der Waals surface area contributed by atoms with Gasteiger partial charge in [-0.1, -0.05) is 30.3 Å².